The molecule has 4 heteroatoms. The fraction of sp³-hybridized carbons (Fsp3) is 0.294. The smallest absolute Gasteiger partial charge is 0.124 e. The largest absolute Gasteiger partial charge is 0.388 e. The number of hydrogen-bond acceptors (Lipinski definition) is 2. The maximum absolute atomic E-state index is 13.2. The highest BCUT2D eigenvalue weighted by molar-refractivity contribution is 9.10. The molecule has 0 amide bonds. The highest BCUT2D eigenvalue weighted by atomic mass is 79.9. The molecule has 1 N–H and O–H groups in total. The molecule has 1 aliphatic heterocycles. The van der Waals surface area contributed by atoms with Gasteiger partial charge >= 0.3 is 0 Å². The van der Waals surface area contributed by atoms with Crippen molar-refractivity contribution >= 4 is 21.6 Å². The van der Waals surface area contributed by atoms with E-state index in [1.54, 1.807) is 0 Å². The lowest BCUT2D eigenvalue weighted by Crippen LogP contribution is -2.23. The maximum Gasteiger partial charge on any atom is 0.124 e. The third-order valence-electron chi connectivity index (χ3n) is 3.92. The zero-order chi connectivity index (χ0) is 14.8. The summed E-state index contributed by atoms with van der Waals surface area (Å²) < 4.78 is 14.0. The van der Waals surface area contributed by atoms with Crippen LogP contribution in [0.3, 0.4) is 0 Å². The summed E-state index contributed by atoms with van der Waals surface area (Å²) in [5.74, 6) is -0.239. The fourth-order valence-electron chi connectivity index (χ4n) is 2.83. The molecule has 1 aliphatic rings. The highest BCUT2D eigenvalue weighted by Crippen LogP contribution is 2.34. The minimum absolute atomic E-state index is 0.239. The lowest BCUT2D eigenvalue weighted by Gasteiger charge is -2.25. The van der Waals surface area contributed by atoms with E-state index < -0.39 is 6.10 Å². The summed E-state index contributed by atoms with van der Waals surface area (Å²) in [6.07, 6.45) is 1.31. The molecule has 1 unspecified atom stereocenters. The molecule has 2 nitrogen and oxygen atoms in total. The summed E-state index contributed by atoms with van der Waals surface area (Å²) in [4.78, 5) is 2.25. The van der Waals surface area contributed by atoms with Gasteiger partial charge in [-0.1, -0.05) is 40.2 Å². The molecule has 2 aromatic carbocycles. The molecule has 21 heavy (non-hydrogen) atoms. The molecule has 3 rings (SSSR count). The van der Waals surface area contributed by atoms with Gasteiger partial charge in [-0.15, -0.1) is 0 Å². The van der Waals surface area contributed by atoms with E-state index in [9.17, 15) is 9.50 Å². The second-order valence-electron chi connectivity index (χ2n) is 5.37. The number of nitrogens with zero attached hydrogens (tertiary/aromatic N) is 1. The number of hydrogen-bond donors (Lipinski definition) is 1. The lowest BCUT2D eigenvalue weighted by atomic mass is 10.0. The second-order valence-corrected chi connectivity index (χ2v) is 6.23. The van der Waals surface area contributed by atoms with E-state index in [4.69, 9.17) is 0 Å². The van der Waals surface area contributed by atoms with Crippen molar-refractivity contribution in [1.29, 1.82) is 0 Å². The van der Waals surface area contributed by atoms with Crippen LogP contribution < -0.4 is 4.90 Å². The van der Waals surface area contributed by atoms with Gasteiger partial charge in [0.25, 0.3) is 0 Å². The molecule has 0 aromatic heterocycles. The van der Waals surface area contributed by atoms with Crippen molar-refractivity contribution < 1.29 is 9.50 Å². The van der Waals surface area contributed by atoms with Gasteiger partial charge in [0.05, 0.1) is 6.10 Å². The average Bonchev–Trinajstić information content (AvgIpc) is 2.63. The van der Waals surface area contributed by atoms with Crippen LogP contribution in [0, 0.1) is 5.82 Å². The molecular formula is C17H17BrFNO. The molecule has 0 saturated heterocycles. The quantitative estimate of drug-likeness (QED) is 0.867. The molecule has 0 saturated carbocycles. The van der Waals surface area contributed by atoms with Crippen molar-refractivity contribution in [3.05, 3.63) is 63.9 Å². The van der Waals surface area contributed by atoms with Gasteiger partial charge in [-0.05, 0) is 36.6 Å². The number of benzene rings is 2. The van der Waals surface area contributed by atoms with Crippen molar-refractivity contribution in [3.63, 3.8) is 0 Å². The topological polar surface area (TPSA) is 23.5 Å². The Kier molecular flexibility index (Phi) is 4.27. The van der Waals surface area contributed by atoms with Crippen molar-refractivity contribution in [1.82, 2.24) is 0 Å². The number of aliphatic hydroxyl groups is 1. The van der Waals surface area contributed by atoms with E-state index >= 15 is 0 Å². The zero-order valence-corrected chi connectivity index (χ0v) is 13.2. The van der Waals surface area contributed by atoms with Crippen molar-refractivity contribution in [2.75, 3.05) is 11.4 Å². The molecule has 2 aromatic rings. The number of para-hydroxylation sites is 1. The zero-order valence-electron chi connectivity index (χ0n) is 11.6. The standard InChI is InChI=1S/C17H17BrFNO/c18-15-10-13(19)8-7-12(15)11-20-9-3-6-17(21)14-4-1-2-5-16(14)20/h1-2,4-5,7-8,10,17,21H,3,6,9,11H2. The summed E-state index contributed by atoms with van der Waals surface area (Å²) in [6, 6.07) is 12.8. The highest BCUT2D eigenvalue weighted by Gasteiger charge is 2.21. The monoisotopic (exact) mass is 349 g/mol. The number of halogens is 2. The molecule has 0 spiro atoms. The third-order valence-corrected chi connectivity index (χ3v) is 4.66. The summed E-state index contributed by atoms with van der Waals surface area (Å²) in [7, 11) is 0. The van der Waals surface area contributed by atoms with Crippen LogP contribution in [-0.2, 0) is 6.54 Å². The van der Waals surface area contributed by atoms with Gasteiger partial charge in [0.2, 0.25) is 0 Å². The van der Waals surface area contributed by atoms with E-state index in [0.29, 0.717) is 6.54 Å². The number of aliphatic hydroxyl groups excluding tert-OH is 1. The molecule has 1 heterocycles. The molecule has 0 bridgehead atoms. The molecule has 0 radical (unpaired) electrons. The predicted octanol–water partition coefficient (Wildman–Crippen LogP) is 4.42. The fourth-order valence-corrected chi connectivity index (χ4v) is 3.30. The Morgan fingerprint density at radius 1 is 1.24 bits per heavy atom. The van der Waals surface area contributed by atoms with E-state index in [0.717, 1.165) is 40.7 Å². The van der Waals surface area contributed by atoms with Crippen LogP contribution in [0.15, 0.2) is 46.9 Å². The Bertz CT molecular complexity index is 646. The normalized spacial score (nSPS) is 18.2. The van der Waals surface area contributed by atoms with Crippen molar-refractivity contribution in [3.8, 4) is 0 Å². The first-order valence-electron chi connectivity index (χ1n) is 7.11. The lowest BCUT2D eigenvalue weighted by molar-refractivity contribution is 0.168. The molecule has 0 fully saturated rings. The molecule has 1 atom stereocenters. The van der Waals surface area contributed by atoms with Crippen LogP contribution in [0.4, 0.5) is 10.1 Å². The first kappa shape index (κ1) is 14.5. The van der Waals surface area contributed by atoms with E-state index in [2.05, 4.69) is 20.8 Å². The van der Waals surface area contributed by atoms with Gasteiger partial charge in [0.1, 0.15) is 5.82 Å². The number of anilines is 1. The Labute approximate surface area is 132 Å². The van der Waals surface area contributed by atoms with Gasteiger partial charge in [-0.25, -0.2) is 4.39 Å². The van der Waals surface area contributed by atoms with Crippen LogP contribution in [0.25, 0.3) is 0 Å². The van der Waals surface area contributed by atoms with E-state index in [1.165, 1.54) is 12.1 Å². The summed E-state index contributed by atoms with van der Waals surface area (Å²) >= 11 is 3.43. The minimum Gasteiger partial charge on any atom is -0.388 e. The van der Waals surface area contributed by atoms with Gasteiger partial charge in [0.15, 0.2) is 0 Å². The van der Waals surface area contributed by atoms with Gasteiger partial charge in [-0.2, -0.15) is 0 Å². The second kappa shape index (κ2) is 6.16. The number of rotatable bonds is 2. The molecule has 0 aliphatic carbocycles. The Balaban J connectivity index is 1.93. The molecular weight excluding hydrogens is 333 g/mol. The van der Waals surface area contributed by atoms with E-state index in [1.807, 2.05) is 30.3 Å². The molecule has 110 valence electrons. The Morgan fingerprint density at radius 3 is 2.86 bits per heavy atom. The van der Waals surface area contributed by atoms with Crippen molar-refractivity contribution in [2.24, 2.45) is 0 Å². The predicted molar refractivity (Wildman–Crippen MR) is 85.8 cm³/mol. The SMILES string of the molecule is OC1CCCN(Cc2ccc(F)cc2Br)c2ccccc21. The first-order valence-corrected chi connectivity index (χ1v) is 7.90. The maximum atomic E-state index is 13.2. The number of fused-ring (bicyclic) bond motifs is 1. The average molecular weight is 350 g/mol. The van der Waals surface area contributed by atoms with Crippen LogP contribution in [0.5, 0.6) is 0 Å². The van der Waals surface area contributed by atoms with Crippen LogP contribution in [-0.4, -0.2) is 11.7 Å². The Morgan fingerprint density at radius 2 is 2.05 bits per heavy atom. The van der Waals surface area contributed by atoms with Crippen LogP contribution in [0.2, 0.25) is 0 Å². The minimum atomic E-state index is -0.400. The van der Waals surface area contributed by atoms with Crippen molar-refractivity contribution in [2.45, 2.75) is 25.5 Å². The summed E-state index contributed by atoms with van der Waals surface area (Å²) in [5, 5.41) is 10.2. The summed E-state index contributed by atoms with van der Waals surface area (Å²) in [6.45, 7) is 1.59. The Hall–Kier alpha value is -1.39. The first-order chi connectivity index (χ1) is 10.1. The van der Waals surface area contributed by atoms with Gasteiger partial charge < -0.3 is 10.0 Å². The van der Waals surface area contributed by atoms with Crippen LogP contribution in [0.1, 0.15) is 30.1 Å². The van der Waals surface area contributed by atoms with E-state index in [-0.39, 0.29) is 5.82 Å². The van der Waals surface area contributed by atoms with Crippen LogP contribution >= 0.6 is 15.9 Å². The van der Waals surface area contributed by atoms with Gasteiger partial charge in [-0.3, -0.25) is 0 Å². The van der Waals surface area contributed by atoms with Gasteiger partial charge in [0, 0.05) is 28.8 Å². The summed E-state index contributed by atoms with van der Waals surface area (Å²) in [5.41, 5.74) is 3.09. The third kappa shape index (κ3) is 3.11.